The predicted octanol–water partition coefficient (Wildman–Crippen LogP) is 2.25. The van der Waals surface area contributed by atoms with Crippen LogP contribution in [0.4, 0.5) is 0 Å². The van der Waals surface area contributed by atoms with E-state index < -0.39 is 5.72 Å². The van der Waals surface area contributed by atoms with E-state index in [2.05, 4.69) is 10.4 Å². The number of amides is 2. The number of carbonyl (C=O) groups excluding carboxylic acids is 2. The Bertz CT molecular complexity index is 672. The molecule has 2 saturated heterocycles. The lowest BCUT2D eigenvalue weighted by Crippen LogP contribution is -2.53. The number of ether oxygens (including phenoxy) is 1. The molecule has 1 aromatic rings. The first-order valence-electron chi connectivity index (χ1n) is 9.93. The second kappa shape index (κ2) is 7.02. The minimum atomic E-state index is -0.583. The van der Waals surface area contributed by atoms with Crippen molar-refractivity contribution < 1.29 is 14.3 Å². The number of piperidine rings is 1. The molecule has 0 aromatic carbocycles. The van der Waals surface area contributed by atoms with Crippen molar-refractivity contribution >= 4 is 11.8 Å². The molecule has 1 aliphatic carbocycles. The van der Waals surface area contributed by atoms with E-state index in [1.54, 1.807) is 6.20 Å². The average molecular weight is 360 g/mol. The maximum Gasteiger partial charge on any atom is 0.257 e. The van der Waals surface area contributed by atoms with Crippen molar-refractivity contribution in [3.63, 3.8) is 0 Å². The summed E-state index contributed by atoms with van der Waals surface area (Å²) in [4.78, 5) is 26.6. The fourth-order valence-corrected chi connectivity index (χ4v) is 4.42. The molecule has 0 bridgehead atoms. The lowest BCUT2D eigenvalue weighted by molar-refractivity contribution is -0.124. The van der Waals surface area contributed by atoms with Crippen LogP contribution in [0, 0.1) is 0 Å². The molecule has 1 N–H and O–H groups in total. The molecule has 142 valence electrons. The van der Waals surface area contributed by atoms with E-state index in [1.165, 1.54) is 19.3 Å². The van der Waals surface area contributed by atoms with Gasteiger partial charge in [0, 0.05) is 32.1 Å². The molecule has 4 rings (SSSR count). The third kappa shape index (κ3) is 3.24. The molecule has 1 spiro atoms. The molecule has 1 saturated carbocycles. The SMILES string of the molecule is CCC1OC2(CCN(C(=O)c3cnn(C4CCCCC4)c3)CC2)NC1=O. The molecule has 3 heterocycles. The highest BCUT2D eigenvalue weighted by Crippen LogP contribution is 2.32. The van der Waals surface area contributed by atoms with Gasteiger partial charge >= 0.3 is 0 Å². The quantitative estimate of drug-likeness (QED) is 0.897. The van der Waals surface area contributed by atoms with E-state index in [1.807, 2.05) is 22.7 Å². The summed E-state index contributed by atoms with van der Waals surface area (Å²) < 4.78 is 7.93. The second-order valence-electron chi connectivity index (χ2n) is 7.79. The fourth-order valence-electron chi connectivity index (χ4n) is 4.42. The van der Waals surface area contributed by atoms with Gasteiger partial charge in [-0.1, -0.05) is 26.2 Å². The number of rotatable bonds is 3. The van der Waals surface area contributed by atoms with Crippen molar-refractivity contribution in [2.75, 3.05) is 13.1 Å². The number of hydrogen-bond donors (Lipinski definition) is 1. The lowest BCUT2D eigenvalue weighted by atomic mass is 9.96. The summed E-state index contributed by atoms with van der Waals surface area (Å²) in [5, 5.41) is 7.45. The number of nitrogens with zero attached hydrogens (tertiary/aromatic N) is 3. The summed E-state index contributed by atoms with van der Waals surface area (Å²) >= 11 is 0. The van der Waals surface area contributed by atoms with Gasteiger partial charge in [0.25, 0.3) is 11.8 Å². The topological polar surface area (TPSA) is 76.5 Å². The van der Waals surface area contributed by atoms with Crippen LogP contribution in [0.25, 0.3) is 0 Å². The Hall–Kier alpha value is -1.89. The van der Waals surface area contributed by atoms with Crippen LogP contribution in [0.15, 0.2) is 12.4 Å². The third-order valence-corrected chi connectivity index (χ3v) is 6.04. The Labute approximate surface area is 154 Å². The smallest absolute Gasteiger partial charge is 0.257 e. The van der Waals surface area contributed by atoms with Crippen molar-refractivity contribution in [2.24, 2.45) is 0 Å². The number of hydrogen-bond acceptors (Lipinski definition) is 4. The van der Waals surface area contributed by atoms with E-state index in [0.29, 0.717) is 44.0 Å². The monoisotopic (exact) mass is 360 g/mol. The van der Waals surface area contributed by atoms with Crippen LogP contribution < -0.4 is 5.32 Å². The Morgan fingerprint density at radius 1 is 1.31 bits per heavy atom. The molecule has 2 aliphatic heterocycles. The van der Waals surface area contributed by atoms with E-state index in [4.69, 9.17) is 4.74 Å². The van der Waals surface area contributed by atoms with Crippen molar-refractivity contribution in [1.82, 2.24) is 20.0 Å². The Morgan fingerprint density at radius 2 is 2.04 bits per heavy atom. The molecular weight excluding hydrogens is 332 g/mol. The van der Waals surface area contributed by atoms with Gasteiger partial charge in [0.2, 0.25) is 0 Å². The summed E-state index contributed by atoms with van der Waals surface area (Å²) in [5.74, 6) is -0.000640. The molecule has 3 aliphatic rings. The van der Waals surface area contributed by atoms with Crippen molar-refractivity contribution in [3.8, 4) is 0 Å². The van der Waals surface area contributed by atoms with E-state index in [0.717, 1.165) is 12.8 Å². The summed E-state index contributed by atoms with van der Waals surface area (Å²) in [7, 11) is 0. The highest BCUT2D eigenvalue weighted by atomic mass is 16.5. The molecule has 3 fully saturated rings. The van der Waals surface area contributed by atoms with E-state index in [9.17, 15) is 9.59 Å². The first-order valence-corrected chi connectivity index (χ1v) is 9.93. The zero-order chi connectivity index (χ0) is 18.1. The predicted molar refractivity (Wildman–Crippen MR) is 95.5 cm³/mol. The van der Waals surface area contributed by atoms with Gasteiger partial charge in [0.05, 0.1) is 17.8 Å². The minimum Gasteiger partial charge on any atom is -0.343 e. The van der Waals surface area contributed by atoms with Crippen LogP contribution in [0.5, 0.6) is 0 Å². The molecular formula is C19H28N4O3. The molecule has 1 aromatic heterocycles. The second-order valence-corrected chi connectivity index (χ2v) is 7.79. The van der Waals surface area contributed by atoms with Gasteiger partial charge in [-0.2, -0.15) is 5.10 Å². The lowest BCUT2D eigenvalue weighted by Gasteiger charge is -2.38. The number of nitrogens with one attached hydrogen (secondary N) is 1. The normalized spacial score (nSPS) is 26.3. The molecule has 0 radical (unpaired) electrons. The summed E-state index contributed by atoms with van der Waals surface area (Å²) in [5.41, 5.74) is 0.0789. The maximum atomic E-state index is 12.8. The highest BCUT2D eigenvalue weighted by Gasteiger charge is 2.46. The van der Waals surface area contributed by atoms with Gasteiger partial charge in [0.15, 0.2) is 0 Å². The van der Waals surface area contributed by atoms with E-state index >= 15 is 0 Å². The van der Waals surface area contributed by atoms with Gasteiger partial charge in [0.1, 0.15) is 11.8 Å². The Morgan fingerprint density at radius 3 is 2.69 bits per heavy atom. The van der Waals surface area contributed by atoms with Gasteiger partial charge in [-0.25, -0.2) is 0 Å². The molecule has 26 heavy (non-hydrogen) atoms. The number of likely N-dealkylation sites (tertiary alicyclic amines) is 1. The van der Waals surface area contributed by atoms with Crippen LogP contribution in [0.3, 0.4) is 0 Å². The van der Waals surface area contributed by atoms with Crippen LogP contribution in [-0.2, 0) is 9.53 Å². The first kappa shape index (κ1) is 17.5. The van der Waals surface area contributed by atoms with Gasteiger partial charge in [-0.05, 0) is 19.3 Å². The van der Waals surface area contributed by atoms with Crippen molar-refractivity contribution in [2.45, 2.75) is 76.2 Å². The standard InChI is InChI=1S/C19H28N4O3/c1-2-16-17(24)21-19(26-16)8-10-22(11-9-19)18(25)14-12-20-23(13-14)15-6-4-3-5-7-15/h12-13,15-16H,2-11H2,1H3,(H,21,24). The first-order chi connectivity index (χ1) is 12.6. The van der Waals surface area contributed by atoms with Gasteiger partial charge in [-0.3, -0.25) is 14.3 Å². The molecule has 7 heteroatoms. The largest absolute Gasteiger partial charge is 0.343 e. The molecule has 1 unspecified atom stereocenters. The maximum absolute atomic E-state index is 12.8. The zero-order valence-electron chi connectivity index (χ0n) is 15.4. The van der Waals surface area contributed by atoms with Crippen LogP contribution in [-0.4, -0.2) is 51.4 Å². The van der Waals surface area contributed by atoms with Crippen molar-refractivity contribution in [1.29, 1.82) is 0 Å². The summed E-state index contributed by atoms with van der Waals surface area (Å²) in [6.07, 6.45) is 11.3. The van der Waals surface area contributed by atoms with Gasteiger partial charge < -0.3 is 15.0 Å². The third-order valence-electron chi connectivity index (χ3n) is 6.04. The Kier molecular flexibility index (Phi) is 4.73. The summed E-state index contributed by atoms with van der Waals surface area (Å²) in [6.45, 7) is 3.13. The number of carbonyl (C=O) groups is 2. The minimum absolute atomic E-state index is 0.0262. The molecule has 7 nitrogen and oxygen atoms in total. The summed E-state index contributed by atoms with van der Waals surface area (Å²) in [6, 6.07) is 0.433. The Balaban J connectivity index is 1.37. The van der Waals surface area contributed by atoms with Gasteiger partial charge in [-0.15, -0.1) is 0 Å². The van der Waals surface area contributed by atoms with Crippen LogP contribution >= 0.6 is 0 Å². The molecule has 2 amide bonds. The van der Waals surface area contributed by atoms with E-state index in [-0.39, 0.29) is 17.9 Å². The highest BCUT2D eigenvalue weighted by molar-refractivity contribution is 5.93. The average Bonchev–Trinajstić information content (AvgIpc) is 3.28. The molecule has 1 atom stereocenters. The number of aromatic nitrogens is 2. The van der Waals surface area contributed by atoms with Crippen LogP contribution in [0.1, 0.15) is 74.7 Å². The van der Waals surface area contributed by atoms with Crippen LogP contribution in [0.2, 0.25) is 0 Å². The van der Waals surface area contributed by atoms with Crippen molar-refractivity contribution in [3.05, 3.63) is 18.0 Å². The fraction of sp³-hybridized carbons (Fsp3) is 0.737. The zero-order valence-corrected chi connectivity index (χ0v) is 15.4.